The van der Waals surface area contributed by atoms with Crippen LogP contribution in [0.4, 0.5) is 4.39 Å². The molecule has 0 atom stereocenters. The van der Waals surface area contributed by atoms with Crippen LogP contribution in [0.2, 0.25) is 5.02 Å². The molecule has 1 fully saturated rings. The summed E-state index contributed by atoms with van der Waals surface area (Å²) in [5, 5.41) is -0.137. The second-order valence-corrected chi connectivity index (χ2v) is 8.84. The molecule has 1 saturated carbocycles. The highest BCUT2D eigenvalue weighted by atomic mass is 35.5. The summed E-state index contributed by atoms with van der Waals surface area (Å²) in [5.41, 5.74) is 5.38. The second kappa shape index (κ2) is 4.91. The van der Waals surface area contributed by atoms with E-state index in [1.165, 1.54) is 6.07 Å². The Labute approximate surface area is 129 Å². The first-order valence-corrected chi connectivity index (χ1v) is 8.50. The van der Waals surface area contributed by atoms with Gasteiger partial charge in [0.1, 0.15) is 10.7 Å². The number of rotatable bonds is 3. The van der Waals surface area contributed by atoms with Crippen molar-refractivity contribution >= 4 is 21.6 Å². The topological polar surface area (TPSA) is 72.2 Å². The smallest absolute Gasteiger partial charge is 0.242 e. The van der Waals surface area contributed by atoms with E-state index in [9.17, 15) is 12.8 Å². The lowest BCUT2D eigenvalue weighted by Crippen LogP contribution is -2.75. The van der Waals surface area contributed by atoms with Crippen LogP contribution in [0.3, 0.4) is 0 Å². The van der Waals surface area contributed by atoms with E-state index in [2.05, 4.69) is 4.72 Å². The van der Waals surface area contributed by atoms with Gasteiger partial charge in [0.15, 0.2) is 0 Å². The van der Waals surface area contributed by atoms with Crippen LogP contribution in [-0.4, -0.2) is 20.5 Å². The molecule has 0 radical (unpaired) electrons. The third kappa shape index (κ3) is 2.59. The maximum atomic E-state index is 13.1. The van der Waals surface area contributed by atoms with Crippen LogP contribution in [0.1, 0.15) is 27.7 Å². The fourth-order valence-corrected chi connectivity index (χ4v) is 5.48. The maximum absolute atomic E-state index is 13.1. The van der Waals surface area contributed by atoms with Crippen molar-refractivity contribution in [2.24, 2.45) is 16.6 Å². The van der Waals surface area contributed by atoms with E-state index < -0.39 is 15.8 Å². The van der Waals surface area contributed by atoms with E-state index in [0.29, 0.717) is 0 Å². The summed E-state index contributed by atoms with van der Waals surface area (Å²) in [5.74, 6) is -0.578. The Morgan fingerprint density at radius 3 is 2.24 bits per heavy atom. The fourth-order valence-electron chi connectivity index (χ4n) is 3.40. The first-order chi connectivity index (χ1) is 9.40. The van der Waals surface area contributed by atoms with E-state index in [1.54, 1.807) is 0 Å². The van der Waals surface area contributed by atoms with Gasteiger partial charge in [-0.3, -0.25) is 0 Å². The minimum atomic E-state index is -3.84. The summed E-state index contributed by atoms with van der Waals surface area (Å²) >= 11 is 5.85. The molecule has 1 aliphatic carbocycles. The van der Waals surface area contributed by atoms with Crippen LogP contribution in [0, 0.1) is 16.6 Å². The Morgan fingerprint density at radius 1 is 1.24 bits per heavy atom. The Balaban J connectivity index is 2.34. The Bertz CT molecular complexity index is 658. The molecule has 0 amide bonds. The Morgan fingerprint density at radius 2 is 1.76 bits per heavy atom. The standard InChI is InChI=1S/C14H20ClFN2O2S/c1-13(2)11(17)14(3,4)12(13)18-21(19,20)10-6-5-8(16)7-9(10)15/h5-7,11-12,18H,17H2,1-4H3. The molecule has 7 heteroatoms. The van der Waals surface area contributed by atoms with Gasteiger partial charge < -0.3 is 5.73 Å². The molecule has 0 heterocycles. The first-order valence-electron chi connectivity index (χ1n) is 6.63. The maximum Gasteiger partial charge on any atom is 0.242 e. The van der Waals surface area contributed by atoms with Gasteiger partial charge in [0.05, 0.1) is 5.02 Å². The average Bonchev–Trinajstić information content (AvgIpc) is 2.34. The van der Waals surface area contributed by atoms with Crippen molar-refractivity contribution < 1.29 is 12.8 Å². The van der Waals surface area contributed by atoms with Crippen molar-refractivity contribution in [1.29, 1.82) is 0 Å². The van der Waals surface area contributed by atoms with Gasteiger partial charge in [-0.2, -0.15) is 0 Å². The number of nitrogens with one attached hydrogen (secondary N) is 1. The molecule has 21 heavy (non-hydrogen) atoms. The van der Waals surface area contributed by atoms with E-state index >= 15 is 0 Å². The van der Waals surface area contributed by atoms with Gasteiger partial charge in [-0.1, -0.05) is 39.3 Å². The molecule has 0 saturated heterocycles. The van der Waals surface area contributed by atoms with Crippen LogP contribution < -0.4 is 10.5 Å². The largest absolute Gasteiger partial charge is 0.327 e. The molecule has 3 N–H and O–H groups in total. The van der Waals surface area contributed by atoms with Gasteiger partial charge in [0, 0.05) is 12.1 Å². The summed E-state index contributed by atoms with van der Waals surface area (Å²) in [7, 11) is -3.84. The highest BCUT2D eigenvalue weighted by Crippen LogP contribution is 2.53. The van der Waals surface area contributed by atoms with Crippen LogP contribution in [0.15, 0.2) is 23.1 Å². The highest BCUT2D eigenvalue weighted by Gasteiger charge is 2.61. The minimum absolute atomic E-state index is 0.124. The number of halogens is 2. The fraction of sp³-hybridized carbons (Fsp3) is 0.571. The molecule has 4 nitrogen and oxygen atoms in total. The monoisotopic (exact) mass is 334 g/mol. The van der Waals surface area contributed by atoms with Crippen molar-refractivity contribution in [2.45, 2.75) is 44.7 Å². The number of benzene rings is 1. The van der Waals surface area contributed by atoms with E-state index in [0.717, 1.165) is 12.1 Å². The van der Waals surface area contributed by atoms with E-state index in [1.807, 2.05) is 27.7 Å². The molecule has 1 aromatic carbocycles. The number of hydrogen-bond acceptors (Lipinski definition) is 3. The summed E-state index contributed by atoms with van der Waals surface area (Å²) in [6.07, 6.45) is 0. The SMILES string of the molecule is CC1(C)C(N)C(C)(C)C1NS(=O)(=O)c1ccc(F)cc1Cl. The summed E-state index contributed by atoms with van der Waals surface area (Å²) in [6, 6.07) is 2.77. The van der Waals surface area contributed by atoms with Crippen molar-refractivity contribution in [3.05, 3.63) is 29.0 Å². The number of sulfonamides is 1. The molecule has 0 bridgehead atoms. The third-order valence-corrected chi connectivity index (χ3v) is 6.45. The predicted octanol–water partition coefficient (Wildman–Crippen LogP) is 2.52. The van der Waals surface area contributed by atoms with Gasteiger partial charge in [0.25, 0.3) is 0 Å². The highest BCUT2D eigenvalue weighted by molar-refractivity contribution is 7.89. The molecule has 0 unspecified atom stereocenters. The first kappa shape index (κ1) is 16.7. The van der Waals surface area contributed by atoms with Gasteiger partial charge in [-0.25, -0.2) is 17.5 Å². The van der Waals surface area contributed by atoms with Crippen molar-refractivity contribution in [2.75, 3.05) is 0 Å². The van der Waals surface area contributed by atoms with Crippen LogP contribution >= 0.6 is 11.6 Å². The average molecular weight is 335 g/mol. The van der Waals surface area contributed by atoms with Crippen LogP contribution in [0.5, 0.6) is 0 Å². The minimum Gasteiger partial charge on any atom is -0.327 e. The van der Waals surface area contributed by atoms with Gasteiger partial charge in [-0.15, -0.1) is 0 Å². The van der Waals surface area contributed by atoms with Gasteiger partial charge in [0.2, 0.25) is 10.0 Å². The van der Waals surface area contributed by atoms with E-state index in [-0.39, 0.29) is 32.8 Å². The molecular formula is C14H20ClFN2O2S. The lowest BCUT2D eigenvalue weighted by Gasteiger charge is -2.62. The van der Waals surface area contributed by atoms with Gasteiger partial charge >= 0.3 is 0 Å². The molecule has 118 valence electrons. The molecule has 1 aliphatic rings. The normalized spacial score (nSPS) is 27.2. The molecule has 0 aromatic heterocycles. The van der Waals surface area contributed by atoms with Crippen LogP contribution in [-0.2, 0) is 10.0 Å². The molecular weight excluding hydrogens is 315 g/mol. The zero-order valence-corrected chi connectivity index (χ0v) is 14.0. The van der Waals surface area contributed by atoms with Crippen molar-refractivity contribution in [3.8, 4) is 0 Å². The molecule has 0 spiro atoms. The third-order valence-electron chi connectivity index (χ3n) is 4.55. The zero-order chi connectivity index (χ0) is 16.2. The number of nitrogens with two attached hydrogens (primary N) is 1. The Kier molecular flexibility index (Phi) is 3.90. The predicted molar refractivity (Wildman–Crippen MR) is 81.1 cm³/mol. The summed E-state index contributed by atoms with van der Waals surface area (Å²) in [4.78, 5) is -0.127. The van der Waals surface area contributed by atoms with Gasteiger partial charge in [-0.05, 0) is 29.0 Å². The Hall–Kier alpha value is -0.690. The van der Waals surface area contributed by atoms with Crippen molar-refractivity contribution in [1.82, 2.24) is 4.72 Å². The number of hydrogen-bond donors (Lipinski definition) is 2. The van der Waals surface area contributed by atoms with E-state index in [4.69, 9.17) is 17.3 Å². The lowest BCUT2D eigenvalue weighted by molar-refractivity contribution is -0.0593. The van der Waals surface area contributed by atoms with Crippen LogP contribution in [0.25, 0.3) is 0 Å². The summed E-state index contributed by atoms with van der Waals surface area (Å²) < 4.78 is 40.7. The molecule has 2 rings (SSSR count). The molecule has 1 aromatic rings. The lowest BCUT2D eigenvalue weighted by atomic mass is 9.49. The zero-order valence-electron chi connectivity index (χ0n) is 12.4. The molecule has 0 aliphatic heterocycles. The summed E-state index contributed by atoms with van der Waals surface area (Å²) in [6.45, 7) is 7.68. The van der Waals surface area contributed by atoms with Crippen molar-refractivity contribution in [3.63, 3.8) is 0 Å². The quantitative estimate of drug-likeness (QED) is 0.892. The second-order valence-electron chi connectivity index (χ2n) is 6.75.